The molecule has 1 N–H and O–H groups in total. The van der Waals surface area contributed by atoms with Crippen molar-refractivity contribution in [1.29, 1.82) is 0 Å². The van der Waals surface area contributed by atoms with E-state index in [9.17, 15) is 4.79 Å². The predicted octanol–water partition coefficient (Wildman–Crippen LogP) is 2.29. The lowest BCUT2D eigenvalue weighted by atomic mass is 10.3. The van der Waals surface area contributed by atoms with E-state index in [4.69, 9.17) is 6.42 Å². The van der Waals surface area contributed by atoms with E-state index in [0.717, 1.165) is 22.7 Å². The molecule has 0 aliphatic rings. The monoisotopic (exact) mass is 287 g/mol. The number of carbonyl (C=O) groups is 1. The van der Waals surface area contributed by atoms with Crippen LogP contribution in [0.5, 0.6) is 0 Å². The summed E-state index contributed by atoms with van der Waals surface area (Å²) in [6, 6.07) is 7.98. The van der Waals surface area contributed by atoms with Crippen molar-refractivity contribution in [2.75, 3.05) is 6.54 Å². The summed E-state index contributed by atoms with van der Waals surface area (Å²) in [5.41, 5.74) is 2.04. The van der Waals surface area contributed by atoms with E-state index >= 15 is 0 Å². The van der Waals surface area contributed by atoms with Gasteiger partial charge in [-0.15, -0.1) is 6.42 Å². The normalized spacial score (nSPS) is 12.1. The first-order valence-electron chi connectivity index (χ1n) is 6.50. The van der Waals surface area contributed by atoms with Crippen LogP contribution in [0, 0.1) is 12.3 Å². The van der Waals surface area contributed by atoms with Crippen molar-refractivity contribution < 1.29 is 4.79 Å². The lowest BCUT2D eigenvalue weighted by Gasteiger charge is -2.11. The predicted molar refractivity (Wildman–Crippen MR) is 82.6 cm³/mol. The summed E-state index contributed by atoms with van der Waals surface area (Å²) < 4.78 is 2.12. The number of thioether (sulfide) groups is 1. The van der Waals surface area contributed by atoms with Gasteiger partial charge in [-0.05, 0) is 26.0 Å². The van der Waals surface area contributed by atoms with Gasteiger partial charge in [-0.3, -0.25) is 4.79 Å². The second-order valence-corrected chi connectivity index (χ2v) is 5.62. The van der Waals surface area contributed by atoms with Crippen molar-refractivity contribution in [3.8, 4) is 12.3 Å². The first-order chi connectivity index (χ1) is 9.67. The van der Waals surface area contributed by atoms with Gasteiger partial charge >= 0.3 is 0 Å². The standard InChI is InChI=1S/C15H17N3OS/c1-4-10-16-14(19)11(3)20-15-17-12-8-6-7-9-13(12)18(15)5-2/h1,6-9,11H,5,10H2,2-3H3,(H,16,19). The van der Waals surface area contributed by atoms with Crippen LogP contribution >= 0.6 is 11.8 Å². The molecule has 1 aromatic heterocycles. The molecule has 1 atom stereocenters. The largest absolute Gasteiger partial charge is 0.344 e. The van der Waals surface area contributed by atoms with E-state index in [-0.39, 0.29) is 17.7 Å². The van der Waals surface area contributed by atoms with E-state index in [1.54, 1.807) is 0 Å². The maximum Gasteiger partial charge on any atom is 0.234 e. The molecule has 0 saturated heterocycles. The number of para-hydroxylation sites is 2. The van der Waals surface area contributed by atoms with E-state index in [1.807, 2.05) is 31.2 Å². The number of imidazole rings is 1. The average Bonchev–Trinajstić information content (AvgIpc) is 2.81. The summed E-state index contributed by atoms with van der Waals surface area (Å²) in [6.45, 7) is 5.01. The highest BCUT2D eigenvalue weighted by atomic mass is 32.2. The minimum Gasteiger partial charge on any atom is -0.344 e. The molecule has 1 aromatic carbocycles. The Morgan fingerprint density at radius 1 is 1.55 bits per heavy atom. The molecule has 0 spiro atoms. The van der Waals surface area contributed by atoms with E-state index in [1.165, 1.54) is 11.8 Å². The maximum absolute atomic E-state index is 11.9. The van der Waals surface area contributed by atoms with Crippen LogP contribution < -0.4 is 5.32 Å². The van der Waals surface area contributed by atoms with Crippen molar-refractivity contribution >= 4 is 28.7 Å². The van der Waals surface area contributed by atoms with Crippen LogP contribution in [0.4, 0.5) is 0 Å². The highest BCUT2D eigenvalue weighted by Crippen LogP contribution is 2.27. The van der Waals surface area contributed by atoms with Crippen molar-refractivity contribution in [2.24, 2.45) is 0 Å². The quantitative estimate of drug-likeness (QED) is 0.678. The molecule has 1 unspecified atom stereocenters. The van der Waals surface area contributed by atoms with Gasteiger partial charge in [0.05, 0.1) is 22.8 Å². The van der Waals surface area contributed by atoms with Gasteiger partial charge in [0.15, 0.2) is 5.16 Å². The van der Waals surface area contributed by atoms with Crippen LogP contribution in [0.1, 0.15) is 13.8 Å². The number of hydrogen-bond donors (Lipinski definition) is 1. The number of rotatable bonds is 5. The molecular formula is C15H17N3OS. The van der Waals surface area contributed by atoms with Crippen LogP contribution in [0.15, 0.2) is 29.4 Å². The molecule has 0 radical (unpaired) electrons. The molecule has 0 saturated carbocycles. The molecule has 1 heterocycles. The van der Waals surface area contributed by atoms with Crippen molar-refractivity contribution in [3.63, 3.8) is 0 Å². The minimum atomic E-state index is -0.231. The maximum atomic E-state index is 11.9. The summed E-state index contributed by atoms with van der Waals surface area (Å²) in [4.78, 5) is 16.4. The molecule has 2 rings (SSSR count). The van der Waals surface area contributed by atoms with E-state index in [0.29, 0.717) is 0 Å². The SMILES string of the molecule is C#CCNC(=O)C(C)Sc1nc2ccccc2n1CC. The number of fused-ring (bicyclic) bond motifs is 1. The Balaban J connectivity index is 2.21. The summed E-state index contributed by atoms with van der Waals surface area (Å²) in [6.07, 6.45) is 5.14. The average molecular weight is 287 g/mol. The smallest absolute Gasteiger partial charge is 0.234 e. The zero-order valence-electron chi connectivity index (χ0n) is 11.6. The van der Waals surface area contributed by atoms with Gasteiger partial charge in [0, 0.05) is 6.54 Å². The number of terminal acetylenes is 1. The van der Waals surface area contributed by atoms with Gasteiger partial charge in [-0.2, -0.15) is 0 Å². The van der Waals surface area contributed by atoms with Crippen molar-refractivity contribution in [1.82, 2.24) is 14.9 Å². The molecule has 0 aliphatic heterocycles. The van der Waals surface area contributed by atoms with Gasteiger partial charge in [-0.25, -0.2) is 4.98 Å². The number of aryl methyl sites for hydroxylation is 1. The number of amides is 1. The number of hydrogen-bond acceptors (Lipinski definition) is 3. The van der Waals surface area contributed by atoms with E-state index in [2.05, 4.69) is 27.7 Å². The zero-order chi connectivity index (χ0) is 14.5. The fourth-order valence-electron chi connectivity index (χ4n) is 1.94. The van der Waals surface area contributed by atoms with Crippen LogP contribution in [0.3, 0.4) is 0 Å². The topological polar surface area (TPSA) is 46.9 Å². The Morgan fingerprint density at radius 2 is 2.30 bits per heavy atom. The minimum absolute atomic E-state index is 0.0670. The van der Waals surface area contributed by atoms with Crippen molar-refractivity contribution in [2.45, 2.75) is 30.8 Å². The Morgan fingerprint density at radius 3 is 3.00 bits per heavy atom. The second-order valence-electron chi connectivity index (χ2n) is 4.31. The molecule has 2 aromatic rings. The third kappa shape index (κ3) is 2.97. The Bertz CT molecular complexity index is 657. The molecule has 20 heavy (non-hydrogen) atoms. The molecule has 0 aliphatic carbocycles. The molecule has 0 bridgehead atoms. The van der Waals surface area contributed by atoms with Crippen LogP contribution in [-0.4, -0.2) is 27.3 Å². The van der Waals surface area contributed by atoms with Gasteiger partial charge in [0.1, 0.15) is 0 Å². The first-order valence-corrected chi connectivity index (χ1v) is 7.38. The number of aromatic nitrogens is 2. The summed E-state index contributed by atoms with van der Waals surface area (Å²) >= 11 is 1.45. The summed E-state index contributed by atoms with van der Waals surface area (Å²) in [7, 11) is 0. The second kappa shape index (κ2) is 6.49. The fraction of sp³-hybridized carbons (Fsp3) is 0.333. The lowest BCUT2D eigenvalue weighted by Crippen LogP contribution is -2.31. The number of carbonyl (C=O) groups excluding carboxylic acids is 1. The van der Waals surface area contributed by atoms with Crippen molar-refractivity contribution in [3.05, 3.63) is 24.3 Å². The third-order valence-corrected chi connectivity index (χ3v) is 4.04. The molecule has 1 amide bonds. The molecule has 4 nitrogen and oxygen atoms in total. The first kappa shape index (κ1) is 14.5. The zero-order valence-corrected chi connectivity index (χ0v) is 12.4. The van der Waals surface area contributed by atoms with E-state index < -0.39 is 0 Å². The van der Waals surface area contributed by atoms with Gasteiger partial charge < -0.3 is 9.88 Å². The Labute approximate surface area is 123 Å². The number of nitrogens with zero attached hydrogens (tertiary/aromatic N) is 2. The Kier molecular flexibility index (Phi) is 4.70. The molecular weight excluding hydrogens is 270 g/mol. The number of nitrogens with one attached hydrogen (secondary N) is 1. The lowest BCUT2D eigenvalue weighted by molar-refractivity contribution is -0.120. The highest BCUT2D eigenvalue weighted by molar-refractivity contribution is 8.00. The fourth-order valence-corrected chi connectivity index (χ4v) is 2.95. The summed E-state index contributed by atoms with van der Waals surface area (Å²) in [5.74, 6) is 2.33. The summed E-state index contributed by atoms with van der Waals surface area (Å²) in [5, 5.41) is 3.32. The van der Waals surface area contributed by atoms with Crippen LogP contribution in [0.2, 0.25) is 0 Å². The van der Waals surface area contributed by atoms with Gasteiger partial charge in [0.2, 0.25) is 5.91 Å². The molecule has 0 fully saturated rings. The third-order valence-electron chi connectivity index (χ3n) is 2.95. The van der Waals surface area contributed by atoms with Crippen LogP contribution in [-0.2, 0) is 11.3 Å². The molecule has 104 valence electrons. The van der Waals surface area contributed by atoms with Gasteiger partial charge in [-0.1, -0.05) is 29.8 Å². The van der Waals surface area contributed by atoms with Crippen LogP contribution in [0.25, 0.3) is 11.0 Å². The molecule has 5 heteroatoms. The highest BCUT2D eigenvalue weighted by Gasteiger charge is 2.18. The van der Waals surface area contributed by atoms with Gasteiger partial charge in [0.25, 0.3) is 0 Å². The number of benzene rings is 1. The Hall–Kier alpha value is -1.93.